The van der Waals surface area contributed by atoms with Crippen LogP contribution in [-0.2, 0) is 12.0 Å². The second-order valence-electron chi connectivity index (χ2n) is 10.8. The Kier molecular flexibility index (Phi) is 7.34. The van der Waals surface area contributed by atoms with Gasteiger partial charge in [0.15, 0.2) is 0 Å². The highest BCUT2D eigenvalue weighted by molar-refractivity contribution is 5.67. The first kappa shape index (κ1) is 26.1. The van der Waals surface area contributed by atoms with Crippen LogP contribution in [-0.4, -0.2) is 42.0 Å². The number of piperidine rings is 1. The first-order valence-electron chi connectivity index (χ1n) is 13.3. The summed E-state index contributed by atoms with van der Waals surface area (Å²) in [6.07, 6.45) is 2.91. The van der Waals surface area contributed by atoms with Crippen LogP contribution in [0.1, 0.15) is 43.4 Å². The number of fused-ring (bicyclic) bond motifs is 2. The third-order valence-corrected chi connectivity index (χ3v) is 8.11. The minimum absolute atomic E-state index is 0.135. The van der Waals surface area contributed by atoms with Gasteiger partial charge in [0.05, 0.1) is 11.6 Å². The smallest absolute Gasteiger partial charge is 0.128 e. The van der Waals surface area contributed by atoms with E-state index >= 15 is 0 Å². The predicted molar refractivity (Wildman–Crippen MR) is 149 cm³/mol. The van der Waals surface area contributed by atoms with Crippen LogP contribution < -0.4 is 5.32 Å². The second kappa shape index (κ2) is 10.7. The predicted octanol–water partition coefficient (Wildman–Crippen LogP) is 6.69. The number of hydrogen-bond donors (Lipinski definition) is 1. The average Bonchev–Trinajstić information content (AvgIpc) is 2.90. The van der Waals surface area contributed by atoms with Crippen LogP contribution in [0.3, 0.4) is 0 Å². The van der Waals surface area contributed by atoms with E-state index in [1.165, 1.54) is 23.3 Å². The highest BCUT2D eigenvalue weighted by atomic mass is 19.1. The Hall–Kier alpha value is -3.53. The van der Waals surface area contributed by atoms with Crippen molar-refractivity contribution in [3.05, 3.63) is 101 Å². The van der Waals surface area contributed by atoms with Crippen molar-refractivity contribution in [2.75, 3.05) is 31.5 Å². The van der Waals surface area contributed by atoms with Crippen LogP contribution in [0, 0.1) is 23.0 Å². The largest absolute Gasteiger partial charge is 0.358 e. The lowest BCUT2D eigenvalue weighted by Crippen LogP contribution is -2.57. The Morgan fingerprint density at radius 3 is 2.39 bits per heavy atom. The van der Waals surface area contributed by atoms with Gasteiger partial charge in [0.1, 0.15) is 11.6 Å². The van der Waals surface area contributed by atoms with Crippen molar-refractivity contribution in [2.45, 2.75) is 44.7 Å². The van der Waals surface area contributed by atoms with E-state index in [0.717, 1.165) is 56.1 Å². The maximum absolute atomic E-state index is 13.7. The van der Waals surface area contributed by atoms with Crippen molar-refractivity contribution in [2.24, 2.45) is 0 Å². The van der Waals surface area contributed by atoms with Crippen LogP contribution >= 0.6 is 0 Å². The summed E-state index contributed by atoms with van der Waals surface area (Å²) >= 11 is 0. The molecule has 5 rings (SSSR count). The van der Waals surface area contributed by atoms with Gasteiger partial charge in [0.25, 0.3) is 0 Å². The molecule has 0 saturated carbocycles. The van der Waals surface area contributed by atoms with Crippen molar-refractivity contribution >= 4 is 5.69 Å². The van der Waals surface area contributed by atoms with Crippen molar-refractivity contribution in [3.8, 4) is 17.2 Å². The summed E-state index contributed by atoms with van der Waals surface area (Å²) in [5, 5.41) is 12.5. The molecule has 4 nitrogen and oxygen atoms in total. The fraction of sp³-hybridized carbons (Fsp3) is 0.344. The van der Waals surface area contributed by atoms with Crippen LogP contribution in [0.4, 0.5) is 14.5 Å². The fourth-order valence-corrected chi connectivity index (χ4v) is 6.17. The topological polar surface area (TPSA) is 42.3 Å². The Balaban J connectivity index is 1.45. The molecule has 0 radical (unpaired) electrons. The first-order chi connectivity index (χ1) is 18.3. The molecule has 196 valence electrons. The van der Waals surface area contributed by atoms with Gasteiger partial charge in [-0.3, -0.25) is 4.90 Å². The molecule has 38 heavy (non-hydrogen) atoms. The number of likely N-dealkylation sites (tertiary alicyclic amines) is 1. The molecule has 3 aromatic carbocycles. The molecule has 1 saturated heterocycles. The number of nitriles is 1. The van der Waals surface area contributed by atoms with Gasteiger partial charge in [-0.15, -0.1) is 0 Å². The van der Waals surface area contributed by atoms with E-state index in [4.69, 9.17) is 0 Å². The van der Waals surface area contributed by atoms with Gasteiger partial charge in [0, 0.05) is 55.2 Å². The van der Waals surface area contributed by atoms with Gasteiger partial charge in [-0.05, 0) is 79.6 Å². The Morgan fingerprint density at radius 2 is 1.71 bits per heavy atom. The molecular formula is C32H34F2N4. The molecule has 2 aliphatic rings. The van der Waals surface area contributed by atoms with Crippen LogP contribution in [0.25, 0.3) is 11.1 Å². The Bertz CT molecular complexity index is 1360. The molecule has 0 unspecified atom stereocenters. The Labute approximate surface area is 224 Å². The number of nitrogens with zero attached hydrogens (tertiary/aromatic N) is 3. The fourth-order valence-electron chi connectivity index (χ4n) is 6.17. The summed E-state index contributed by atoms with van der Waals surface area (Å²) in [7, 11) is 0. The third-order valence-electron chi connectivity index (χ3n) is 8.11. The molecule has 3 aromatic rings. The highest BCUT2D eigenvalue weighted by Crippen LogP contribution is 2.45. The second-order valence-corrected chi connectivity index (χ2v) is 10.8. The molecule has 1 N–H and O–H groups in total. The number of rotatable bonds is 6. The molecule has 0 aliphatic carbocycles. The quantitative estimate of drug-likeness (QED) is 0.400. The normalized spacial score (nSPS) is 17.3. The van der Waals surface area contributed by atoms with Crippen LogP contribution in [0.15, 0.2) is 72.9 Å². The molecule has 2 heterocycles. The number of hydrogen-bond acceptors (Lipinski definition) is 4. The summed E-state index contributed by atoms with van der Waals surface area (Å²) in [5.74, 6) is -1.22. The standard InChI is InChI=1S/C32H34F2N4/c1-22(2)37-13-10-32(11-14-37)31-8-7-26(25-6-4-5-24(15-25)20-35)16-27(31)9-12-38(32)21-23(3)36-30-18-28(33)17-29(34)19-30/h4-8,15-19,22,36H,3,9-14,21H2,1-2H3. The van der Waals surface area contributed by atoms with Crippen LogP contribution in [0.2, 0.25) is 0 Å². The van der Waals surface area contributed by atoms with E-state index in [1.807, 2.05) is 18.2 Å². The summed E-state index contributed by atoms with van der Waals surface area (Å²) in [6, 6.07) is 20.7. The highest BCUT2D eigenvalue weighted by Gasteiger charge is 2.45. The molecule has 1 fully saturated rings. The zero-order valence-corrected chi connectivity index (χ0v) is 22.1. The lowest BCUT2D eigenvalue weighted by atomic mass is 9.73. The monoisotopic (exact) mass is 512 g/mol. The van der Waals surface area contributed by atoms with Crippen molar-refractivity contribution in [3.63, 3.8) is 0 Å². The SMILES string of the molecule is C=C(CN1CCc2cc(-c3cccc(C#N)c3)ccc2C12CCN(C(C)C)CC2)Nc1cc(F)cc(F)c1. The summed E-state index contributed by atoms with van der Waals surface area (Å²) in [6.45, 7) is 12.2. The number of nitrogens with one attached hydrogen (secondary N) is 1. The van der Waals surface area contributed by atoms with Gasteiger partial charge in [-0.2, -0.15) is 5.26 Å². The number of anilines is 1. The third kappa shape index (κ3) is 5.22. The van der Waals surface area contributed by atoms with Gasteiger partial charge in [-0.25, -0.2) is 8.78 Å². The van der Waals surface area contributed by atoms with Gasteiger partial charge in [-0.1, -0.05) is 36.9 Å². The summed E-state index contributed by atoms with van der Waals surface area (Å²) < 4.78 is 27.5. The van der Waals surface area contributed by atoms with Crippen molar-refractivity contribution in [1.29, 1.82) is 5.26 Å². The molecule has 0 amide bonds. The molecule has 0 atom stereocenters. The molecule has 1 spiro atoms. The molecule has 6 heteroatoms. The number of halogens is 2. The van der Waals surface area contributed by atoms with Gasteiger partial charge < -0.3 is 10.2 Å². The van der Waals surface area contributed by atoms with E-state index in [9.17, 15) is 14.0 Å². The van der Waals surface area contributed by atoms with Crippen molar-refractivity contribution < 1.29 is 8.78 Å². The minimum atomic E-state index is -0.610. The van der Waals surface area contributed by atoms with Crippen molar-refractivity contribution in [1.82, 2.24) is 9.80 Å². The minimum Gasteiger partial charge on any atom is -0.358 e. The first-order valence-corrected chi connectivity index (χ1v) is 13.3. The lowest BCUT2D eigenvalue weighted by Gasteiger charge is -2.53. The van der Waals surface area contributed by atoms with E-state index in [2.05, 4.69) is 65.9 Å². The van der Waals surface area contributed by atoms with E-state index < -0.39 is 11.6 Å². The zero-order chi connectivity index (χ0) is 26.9. The maximum atomic E-state index is 13.7. The molecular weight excluding hydrogens is 478 g/mol. The summed E-state index contributed by atoms with van der Waals surface area (Å²) in [5.41, 5.74) is 6.51. The Morgan fingerprint density at radius 1 is 1.00 bits per heavy atom. The van der Waals surface area contributed by atoms with E-state index in [-0.39, 0.29) is 5.54 Å². The van der Waals surface area contributed by atoms with Gasteiger partial charge in [0.2, 0.25) is 0 Å². The van der Waals surface area contributed by atoms with Crippen LogP contribution in [0.5, 0.6) is 0 Å². The lowest BCUT2D eigenvalue weighted by molar-refractivity contribution is 0.00712. The average molecular weight is 513 g/mol. The van der Waals surface area contributed by atoms with E-state index in [1.54, 1.807) is 0 Å². The molecule has 2 aliphatic heterocycles. The molecule has 0 aromatic heterocycles. The number of benzene rings is 3. The summed E-state index contributed by atoms with van der Waals surface area (Å²) in [4.78, 5) is 5.04. The zero-order valence-electron chi connectivity index (χ0n) is 22.1. The van der Waals surface area contributed by atoms with E-state index in [0.29, 0.717) is 29.5 Å². The molecule has 0 bridgehead atoms. The maximum Gasteiger partial charge on any atom is 0.128 e. The van der Waals surface area contributed by atoms with Gasteiger partial charge >= 0.3 is 0 Å².